The van der Waals surface area contributed by atoms with Gasteiger partial charge in [-0.15, -0.1) is 0 Å². The summed E-state index contributed by atoms with van der Waals surface area (Å²) in [5.41, 5.74) is 2.25. The van der Waals surface area contributed by atoms with E-state index < -0.39 is 0 Å². The van der Waals surface area contributed by atoms with Crippen molar-refractivity contribution in [1.82, 2.24) is 24.7 Å². The third-order valence-corrected chi connectivity index (χ3v) is 8.37. The lowest BCUT2D eigenvalue weighted by molar-refractivity contribution is -0.130. The van der Waals surface area contributed by atoms with E-state index in [1.165, 1.54) is 17.3 Å². The fourth-order valence-corrected chi connectivity index (χ4v) is 5.78. The molecule has 2 fully saturated rings. The number of benzene rings is 1. The van der Waals surface area contributed by atoms with Crippen LogP contribution in [0.1, 0.15) is 41.4 Å². The molecule has 2 aliphatic heterocycles. The number of carbonyl (C=O) groups excluding carboxylic acids is 2. The van der Waals surface area contributed by atoms with Gasteiger partial charge in [-0.2, -0.15) is 0 Å². The number of nitrogens with zero attached hydrogens (tertiary/aromatic N) is 6. The number of anilines is 1. The number of amides is 2. The SMILES string of the molecule is CCc1cc(N2CCN(CC=Cc3ccccc3)CC2)nc(SCc2ccc(C(=O)N3CCN(C(C)=O)CC3)o2)n1. The molecular formula is C31H38N6O3S. The van der Waals surface area contributed by atoms with Crippen molar-refractivity contribution in [3.63, 3.8) is 0 Å². The minimum absolute atomic E-state index is 0.0427. The summed E-state index contributed by atoms with van der Waals surface area (Å²) in [4.78, 5) is 42.4. The Morgan fingerprint density at radius 1 is 0.927 bits per heavy atom. The minimum Gasteiger partial charge on any atom is -0.455 e. The fourth-order valence-electron chi connectivity index (χ4n) is 5.02. The van der Waals surface area contributed by atoms with Crippen LogP contribution in [0.3, 0.4) is 0 Å². The highest BCUT2D eigenvalue weighted by Gasteiger charge is 2.25. The lowest BCUT2D eigenvalue weighted by atomic mass is 10.2. The average Bonchev–Trinajstić information content (AvgIpc) is 3.49. The monoisotopic (exact) mass is 574 g/mol. The Morgan fingerprint density at radius 3 is 2.37 bits per heavy atom. The smallest absolute Gasteiger partial charge is 0.289 e. The quantitative estimate of drug-likeness (QED) is 0.279. The fraction of sp³-hybridized carbons (Fsp3) is 0.419. The number of hydrogen-bond acceptors (Lipinski definition) is 8. The molecule has 0 atom stereocenters. The van der Waals surface area contributed by atoms with Crippen LogP contribution in [0.2, 0.25) is 0 Å². The second-order valence-electron chi connectivity index (χ2n) is 10.3. The van der Waals surface area contributed by atoms with Gasteiger partial charge in [-0.1, -0.05) is 61.2 Å². The first kappa shape index (κ1) is 28.9. The van der Waals surface area contributed by atoms with Crippen LogP contribution in [0, 0.1) is 0 Å². The maximum Gasteiger partial charge on any atom is 0.289 e. The Kier molecular flexibility index (Phi) is 9.74. The molecule has 0 N–H and O–H groups in total. The highest BCUT2D eigenvalue weighted by Crippen LogP contribution is 2.25. The van der Waals surface area contributed by atoms with Crippen molar-refractivity contribution in [2.45, 2.75) is 31.2 Å². The largest absolute Gasteiger partial charge is 0.455 e. The van der Waals surface area contributed by atoms with Crippen molar-refractivity contribution in [3.8, 4) is 0 Å². The Balaban J connectivity index is 1.13. The van der Waals surface area contributed by atoms with E-state index in [1.54, 1.807) is 22.8 Å². The molecule has 0 aliphatic carbocycles. The van der Waals surface area contributed by atoms with Crippen molar-refractivity contribution in [3.05, 3.63) is 77.4 Å². The first-order valence-electron chi connectivity index (χ1n) is 14.3. The predicted molar refractivity (Wildman–Crippen MR) is 162 cm³/mol. The molecule has 1 aromatic carbocycles. The number of furan rings is 1. The van der Waals surface area contributed by atoms with E-state index in [1.807, 2.05) is 12.1 Å². The topological polar surface area (TPSA) is 86.0 Å². The minimum atomic E-state index is -0.134. The highest BCUT2D eigenvalue weighted by atomic mass is 32.2. The number of rotatable bonds is 9. The molecule has 0 spiro atoms. The first-order chi connectivity index (χ1) is 20.0. The Labute approximate surface area is 246 Å². The van der Waals surface area contributed by atoms with E-state index in [9.17, 15) is 9.59 Å². The number of carbonyl (C=O) groups is 2. The zero-order chi connectivity index (χ0) is 28.6. The zero-order valence-electron chi connectivity index (χ0n) is 23.9. The van der Waals surface area contributed by atoms with E-state index in [0.717, 1.165) is 55.8 Å². The van der Waals surface area contributed by atoms with E-state index >= 15 is 0 Å². The van der Waals surface area contributed by atoms with Crippen molar-refractivity contribution in [2.24, 2.45) is 0 Å². The van der Waals surface area contributed by atoms with E-state index in [4.69, 9.17) is 14.4 Å². The van der Waals surface area contributed by atoms with Crippen LogP contribution in [0.4, 0.5) is 5.82 Å². The molecule has 41 heavy (non-hydrogen) atoms. The summed E-state index contributed by atoms with van der Waals surface area (Å²) < 4.78 is 5.90. The zero-order valence-corrected chi connectivity index (χ0v) is 24.7. The van der Waals surface area contributed by atoms with Crippen LogP contribution >= 0.6 is 11.8 Å². The molecule has 0 saturated carbocycles. The van der Waals surface area contributed by atoms with E-state index in [0.29, 0.717) is 43.5 Å². The second-order valence-corrected chi connectivity index (χ2v) is 11.2. The van der Waals surface area contributed by atoms with Gasteiger partial charge in [0.15, 0.2) is 10.9 Å². The molecule has 10 heteroatoms. The number of aryl methyl sites for hydroxylation is 1. The number of piperazine rings is 2. The maximum atomic E-state index is 12.9. The van der Waals surface area contributed by atoms with Gasteiger partial charge >= 0.3 is 0 Å². The van der Waals surface area contributed by atoms with Gasteiger partial charge in [-0.05, 0) is 24.1 Å². The number of aromatic nitrogens is 2. The van der Waals surface area contributed by atoms with Gasteiger partial charge in [-0.3, -0.25) is 14.5 Å². The molecule has 5 rings (SSSR count). The van der Waals surface area contributed by atoms with Crippen LogP contribution < -0.4 is 4.90 Å². The molecule has 2 aliphatic rings. The summed E-state index contributed by atoms with van der Waals surface area (Å²) in [6, 6.07) is 16.1. The van der Waals surface area contributed by atoms with Crippen molar-refractivity contribution < 1.29 is 14.0 Å². The van der Waals surface area contributed by atoms with E-state index in [2.05, 4.69) is 59.2 Å². The number of thioether (sulfide) groups is 1. The molecule has 9 nitrogen and oxygen atoms in total. The Morgan fingerprint density at radius 2 is 1.66 bits per heavy atom. The Hall–Kier alpha value is -3.63. The van der Waals surface area contributed by atoms with Gasteiger partial charge in [0.05, 0.1) is 5.75 Å². The van der Waals surface area contributed by atoms with Crippen molar-refractivity contribution in [2.75, 3.05) is 63.8 Å². The molecule has 216 valence electrons. The first-order valence-corrected chi connectivity index (χ1v) is 15.3. The summed E-state index contributed by atoms with van der Waals surface area (Å²) in [6.07, 6.45) is 5.26. The summed E-state index contributed by atoms with van der Waals surface area (Å²) in [7, 11) is 0. The van der Waals surface area contributed by atoms with Gasteiger partial charge in [-0.25, -0.2) is 9.97 Å². The molecule has 0 radical (unpaired) electrons. The maximum absolute atomic E-state index is 12.9. The second kappa shape index (κ2) is 13.8. The van der Waals surface area contributed by atoms with Crippen LogP contribution in [-0.4, -0.2) is 95.4 Å². The third kappa shape index (κ3) is 7.77. The summed E-state index contributed by atoms with van der Waals surface area (Å²) in [6.45, 7) is 10.6. The van der Waals surface area contributed by atoms with Crippen molar-refractivity contribution in [1.29, 1.82) is 0 Å². The molecule has 3 aromatic rings. The van der Waals surface area contributed by atoms with Gasteiger partial charge in [0.25, 0.3) is 5.91 Å². The molecule has 2 amide bonds. The molecule has 2 saturated heterocycles. The lowest BCUT2D eigenvalue weighted by Gasteiger charge is -2.35. The number of hydrogen-bond donors (Lipinski definition) is 0. The van der Waals surface area contributed by atoms with E-state index in [-0.39, 0.29) is 11.8 Å². The standard InChI is InChI=1S/C31H38N6O3S/c1-3-26-22-29(36-16-14-34(15-17-36)13-7-10-25-8-5-4-6-9-25)33-31(32-26)41-23-27-11-12-28(40-27)30(39)37-20-18-35(19-21-37)24(2)38/h4-12,22H,3,13-21,23H2,1-2H3. The Bertz CT molecular complexity index is 1340. The van der Waals surface area contributed by atoms with Crippen molar-refractivity contribution >= 4 is 35.5 Å². The molecule has 4 heterocycles. The normalized spacial score (nSPS) is 16.5. The summed E-state index contributed by atoms with van der Waals surface area (Å²) in [5, 5.41) is 0.720. The molecule has 0 bridgehead atoms. The van der Waals surface area contributed by atoms with Crippen LogP contribution in [0.15, 0.2) is 64.2 Å². The van der Waals surface area contributed by atoms with Crippen LogP contribution in [0.25, 0.3) is 6.08 Å². The highest BCUT2D eigenvalue weighted by molar-refractivity contribution is 7.98. The lowest BCUT2D eigenvalue weighted by Crippen LogP contribution is -2.50. The van der Waals surface area contributed by atoms with Gasteiger partial charge in [0.1, 0.15) is 11.6 Å². The average molecular weight is 575 g/mol. The van der Waals surface area contributed by atoms with Crippen LogP contribution in [0.5, 0.6) is 0 Å². The summed E-state index contributed by atoms with van der Waals surface area (Å²) >= 11 is 1.52. The third-order valence-electron chi connectivity index (χ3n) is 7.51. The van der Waals surface area contributed by atoms with Gasteiger partial charge in [0.2, 0.25) is 5.91 Å². The molecule has 0 unspecified atom stereocenters. The van der Waals surface area contributed by atoms with Gasteiger partial charge < -0.3 is 19.1 Å². The molecular weight excluding hydrogens is 536 g/mol. The van der Waals surface area contributed by atoms with Gasteiger partial charge in [0, 0.05) is 77.6 Å². The molecule has 2 aromatic heterocycles. The summed E-state index contributed by atoms with van der Waals surface area (Å²) in [5.74, 6) is 2.47. The van der Waals surface area contributed by atoms with Crippen LogP contribution in [-0.2, 0) is 17.0 Å². The predicted octanol–water partition coefficient (Wildman–Crippen LogP) is 4.06.